The van der Waals surface area contributed by atoms with E-state index in [0.717, 1.165) is 13.0 Å². The van der Waals surface area contributed by atoms with Gasteiger partial charge in [0, 0.05) is 51.4 Å². The highest BCUT2D eigenvalue weighted by Gasteiger charge is 2.30. The summed E-state index contributed by atoms with van der Waals surface area (Å²) in [6.07, 6.45) is 10.1. The predicted octanol–water partition coefficient (Wildman–Crippen LogP) is 1.18. The Labute approximate surface area is 133 Å². The number of aromatic nitrogens is 2. The maximum atomic E-state index is 12.6. The van der Waals surface area contributed by atoms with Crippen molar-refractivity contribution in [1.82, 2.24) is 18.8 Å². The molecule has 1 saturated heterocycles. The Morgan fingerprint density at radius 3 is 2.64 bits per heavy atom. The van der Waals surface area contributed by atoms with Crippen LogP contribution in [0.1, 0.15) is 32.7 Å². The molecular weight excluding hydrogens is 300 g/mol. The quantitative estimate of drug-likeness (QED) is 0.738. The van der Waals surface area contributed by atoms with Gasteiger partial charge in [-0.05, 0) is 13.3 Å². The summed E-state index contributed by atoms with van der Waals surface area (Å²) >= 11 is 0. The summed E-state index contributed by atoms with van der Waals surface area (Å²) in [5.41, 5.74) is 0. The van der Waals surface area contributed by atoms with Gasteiger partial charge in [-0.15, -0.1) is 12.3 Å². The highest BCUT2D eigenvalue weighted by atomic mass is 32.2. The Morgan fingerprint density at radius 2 is 2.05 bits per heavy atom. The first-order valence-electron chi connectivity index (χ1n) is 7.68. The average Bonchev–Trinajstić information content (AvgIpc) is 3.03. The molecule has 1 atom stereocenters. The van der Waals surface area contributed by atoms with Crippen molar-refractivity contribution in [3.05, 3.63) is 12.5 Å². The third kappa shape index (κ3) is 3.69. The molecule has 1 aliphatic heterocycles. The molecule has 1 aromatic heterocycles. The zero-order valence-electron chi connectivity index (χ0n) is 13.3. The molecule has 0 radical (unpaired) electrons. The number of sulfonamides is 1. The van der Waals surface area contributed by atoms with Gasteiger partial charge in [0.1, 0.15) is 0 Å². The zero-order valence-corrected chi connectivity index (χ0v) is 14.1. The molecule has 22 heavy (non-hydrogen) atoms. The lowest BCUT2D eigenvalue weighted by Crippen LogP contribution is -2.48. The van der Waals surface area contributed by atoms with Crippen molar-refractivity contribution in [3.8, 4) is 12.3 Å². The van der Waals surface area contributed by atoms with Gasteiger partial charge in [-0.25, -0.2) is 13.4 Å². The molecule has 0 aromatic carbocycles. The lowest BCUT2D eigenvalue weighted by Gasteiger charge is -2.33. The maximum absolute atomic E-state index is 12.6. The van der Waals surface area contributed by atoms with Crippen LogP contribution in [0.5, 0.6) is 0 Å². The highest BCUT2D eigenvalue weighted by Crippen LogP contribution is 2.18. The Morgan fingerprint density at radius 1 is 1.36 bits per heavy atom. The second-order valence-electron chi connectivity index (χ2n) is 5.62. The van der Waals surface area contributed by atoms with Crippen LogP contribution < -0.4 is 0 Å². The van der Waals surface area contributed by atoms with Crippen LogP contribution in [0.3, 0.4) is 0 Å². The van der Waals surface area contributed by atoms with Gasteiger partial charge in [-0.3, -0.25) is 4.90 Å². The van der Waals surface area contributed by atoms with Crippen LogP contribution in [0, 0.1) is 12.3 Å². The van der Waals surface area contributed by atoms with E-state index in [9.17, 15) is 8.42 Å². The summed E-state index contributed by atoms with van der Waals surface area (Å²) in [6, 6.07) is 0.247. The zero-order chi connectivity index (χ0) is 16.2. The molecule has 0 unspecified atom stereocenters. The van der Waals surface area contributed by atoms with E-state index in [2.05, 4.69) is 22.7 Å². The van der Waals surface area contributed by atoms with E-state index in [0.29, 0.717) is 32.6 Å². The van der Waals surface area contributed by atoms with Crippen molar-refractivity contribution in [1.29, 1.82) is 0 Å². The molecule has 1 aliphatic rings. The van der Waals surface area contributed by atoms with E-state index in [1.165, 1.54) is 4.31 Å². The normalized spacial score (nSPS) is 19.0. The minimum atomic E-state index is -3.49. The van der Waals surface area contributed by atoms with E-state index < -0.39 is 10.0 Å². The van der Waals surface area contributed by atoms with Crippen LogP contribution in [0.4, 0.5) is 0 Å². The summed E-state index contributed by atoms with van der Waals surface area (Å²) in [4.78, 5) is 6.29. The third-order valence-corrected chi connectivity index (χ3v) is 5.97. The lowest BCUT2D eigenvalue weighted by atomic mass is 10.3. The van der Waals surface area contributed by atoms with Crippen molar-refractivity contribution < 1.29 is 8.42 Å². The number of imidazole rings is 1. The van der Waals surface area contributed by atoms with Gasteiger partial charge in [-0.1, -0.05) is 6.92 Å². The number of terminal acetylenes is 1. The van der Waals surface area contributed by atoms with Crippen molar-refractivity contribution in [2.75, 3.05) is 32.7 Å². The second kappa shape index (κ2) is 7.27. The predicted molar refractivity (Wildman–Crippen MR) is 85.9 cm³/mol. The molecule has 0 saturated carbocycles. The monoisotopic (exact) mass is 324 g/mol. The van der Waals surface area contributed by atoms with E-state index >= 15 is 0 Å². The molecule has 0 amide bonds. The fourth-order valence-corrected chi connectivity index (χ4v) is 3.80. The number of piperazine rings is 1. The SMILES string of the molecule is C#CCCN1CCN(S(=O)(=O)c2cn([C@H](C)CC)cn2)CC1. The van der Waals surface area contributed by atoms with Crippen molar-refractivity contribution in [2.24, 2.45) is 0 Å². The molecule has 0 aliphatic carbocycles. The summed E-state index contributed by atoms with van der Waals surface area (Å²) in [5, 5.41) is 0.143. The molecule has 6 nitrogen and oxygen atoms in total. The van der Waals surface area contributed by atoms with Crippen LogP contribution in [0.25, 0.3) is 0 Å². The Kier molecular flexibility index (Phi) is 5.62. The standard InChI is InChI=1S/C15H24N4O2S/c1-4-6-7-17-8-10-19(11-9-17)22(20,21)15-12-18(13-16-15)14(3)5-2/h1,12-14H,5-11H2,2-3H3/t14-/m1/s1. The largest absolute Gasteiger partial charge is 0.333 e. The first-order chi connectivity index (χ1) is 10.5. The summed E-state index contributed by atoms with van der Waals surface area (Å²) < 4.78 is 28.6. The highest BCUT2D eigenvalue weighted by molar-refractivity contribution is 7.89. The maximum Gasteiger partial charge on any atom is 0.262 e. The van der Waals surface area contributed by atoms with Gasteiger partial charge in [0.05, 0.1) is 6.33 Å². The van der Waals surface area contributed by atoms with Gasteiger partial charge in [0.2, 0.25) is 0 Å². The van der Waals surface area contributed by atoms with Crippen molar-refractivity contribution in [3.63, 3.8) is 0 Å². The fraction of sp³-hybridized carbons (Fsp3) is 0.667. The fourth-order valence-electron chi connectivity index (χ4n) is 2.45. The minimum absolute atomic E-state index is 0.143. The number of hydrogen-bond donors (Lipinski definition) is 0. The smallest absolute Gasteiger partial charge is 0.262 e. The third-order valence-electron chi connectivity index (χ3n) is 4.19. The first-order valence-corrected chi connectivity index (χ1v) is 9.12. The van der Waals surface area contributed by atoms with E-state index in [-0.39, 0.29) is 11.1 Å². The topological polar surface area (TPSA) is 58.4 Å². The Balaban J connectivity index is 2.03. The molecule has 0 N–H and O–H groups in total. The van der Waals surface area contributed by atoms with Gasteiger partial charge >= 0.3 is 0 Å². The molecule has 122 valence electrons. The Hall–Kier alpha value is -1.36. The average molecular weight is 324 g/mol. The second-order valence-corrected chi connectivity index (χ2v) is 7.50. The van der Waals surface area contributed by atoms with Crippen LogP contribution in [0.2, 0.25) is 0 Å². The van der Waals surface area contributed by atoms with E-state index in [4.69, 9.17) is 6.42 Å². The van der Waals surface area contributed by atoms with E-state index in [1.807, 2.05) is 11.5 Å². The van der Waals surface area contributed by atoms with Gasteiger partial charge in [0.15, 0.2) is 5.03 Å². The molecule has 0 bridgehead atoms. The van der Waals surface area contributed by atoms with Crippen molar-refractivity contribution in [2.45, 2.75) is 37.8 Å². The van der Waals surface area contributed by atoms with E-state index in [1.54, 1.807) is 12.5 Å². The molecular formula is C15H24N4O2S. The van der Waals surface area contributed by atoms with Crippen molar-refractivity contribution >= 4 is 10.0 Å². The number of rotatable bonds is 6. The first kappa shape index (κ1) is 17.0. The van der Waals surface area contributed by atoms with Gasteiger partial charge in [0.25, 0.3) is 10.0 Å². The van der Waals surface area contributed by atoms with Gasteiger partial charge in [-0.2, -0.15) is 4.31 Å². The summed E-state index contributed by atoms with van der Waals surface area (Å²) in [7, 11) is -3.49. The van der Waals surface area contributed by atoms with Crippen LogP contribution >= 0.6 is 0 Å². The number of hydrogen-bond acceptors (Lipinski definition) is 4. The van der Waals surface area contributed by atoms with Gasteiger partial charge < -0.3 is 4.57 Å². The Bertz CT molecular complexity index is 624. The molecule has 0 spiro atoms. The molecule has 2 heterocycles. The summed E-state index contributed by atoms with van der Waals surface area (Å²) in [5.74, 6) is 2.61. The molecule has 2 rings (SSSR count). The lowest BCUT2D eigenvalue weighted by molar-refractivity contribution is 0.191. The molecule has 1 aromatic rings. The summed E-state index contributed by atoms with van der Waals surface area (Å²) in [6.45, 7) is 7.34. The minimum Gasteiger partial charge on any atom is -0.333 e. The molecule has 7 heteroatoms. The van der Waals surface area contributed by atoms with Crippen LogP contribution in [-0.2, 0) is 10.0 Å². The molecule has 1 fully saturated rings. The number of nitrogens with zero attached hydrogens (tertiary/aromatic N) is 4. The van der Waals surface area contributed by atoms with Crippen LogP contribution in [-0.4, -0.2) is 59.9 Å². The van der Waals surface area contributed by atoms with Crippen LogP contribution in [0.15, 0.2) is 17.6 Å².